The van der Waals surface area contributed by atoms with Crippen LogP contribution in [-0.4, -0.2) is 23.8 Å². The first kappa shape index (κ1) is 12.8. The summed E-state index contributed by atoms with van der Waals surface area (Å²) in [6, 6.07) is 6.30. The van der Waals surface area contributed by atoms with Crippen molar-refractivity contribution in [2.24, 2.45) is 0 Å². The lowest BCUT2D eigenvalue weighted by atomic mass is 10.1. The maximum Gasteiger partial charge on any atom is 0.253 e. The molecule has 0 saturated carbocycles. The SMILES string of the molecule is O=C1CCC(NC(=O)c2ccccc2Br)C(=O)N1. The molecule has 18 heavy (non-hydrogen) atoms. The maximum absolute atomic E-state index is 12.0. The second-order valence-corrected chi connectivity index (χ2v) is 4.81. The first-order chi connectivity index (χ1) is 8.58. The molecule has 1 aromatic rings. The van der Waals surface area contributed by atoms with Crippen molar-refractivity contribution in [1.82, 2.24) is 10.6 Å². The molecule has 1 unspecified atom stereocenters. The Balaban J connectivity index is 2.06. The Labute approximate surface area is 112 Å². The number of hydrogen-bond donors (Lipinski definition) is 2. The van der Waals surface area contributed by atoms with Crippen LogP contribution in [0.25, 0.3) is 0 Å². The summed E-state index contributed by atoms with van der Waals surface area (Å²) in [5.41, 5.74) is 0.460. The Morgan fingerprint density at radius 3 is 2.72 bits per heavy atom. The highest BCUT2D eigenvalue weighted by Gasteiger charge is 2.28. The molecule has 1 saturated heterocycles. The average molecular weight is 311 g/mol. The molecule has 1 aliphatic heterocycles. The number of imide groups is 1. The number of piperidine rings is 1. The van der Waals surface area contributed by atoms with Crippen LogP contribution in [0.1, 0.15) is 23.2 Å². The fourth-order valence-corrected chi connectivity index (χ4v) is 2.18. The Hall–Kier alpha value is -1.69. The number of halogens is 1. The molecule has 0 radical (unpaired) electrons. The van der Waals surface area contributed by atoms with E-state index in [4.69, 9.17) is 0 Å². The van der Waals surface area contributed by atoms with Crippen molar-refractivity contribution in [3.05, 3.63) is 34.3 Å². The fourth-order valence-electron chi connectivity index (χ4n) is 1.71. The highest BCUT2D eigenvalue weighted by molar-refractivity contribution is 9.10. The lowest BCUT2D eigenvalue weighted by Gasteiger charge is -2.21. The van der Waals surface area contributed by atoms with E-state index in [1.165, 1.54) is 0 Å². The van der Waals surface area contributed by atoms with Crippen molar-refractivity contribution in [2.45, 2.75) is 18.9 Å². The maximum atomic E-state index is 12.0. The van der Waals surface area contributed by atoms with Gasteiger partial charge in [0.1, 0.15) is 6.04 Å². The van der Waals surface area contributed by atoms with Crippen molar-refractivity contribution in [2.75, 3.05) is 0 Å². The highest BCUT2D eigenvalue weighted by Crippen LogP contribution is 2.16. The summed E-state index contributed by atoms with van der Waals surface area (Å²) in [5.74, 6) is -1.09. The van der Waals surface area contributed by atoms with Gasteiger partial charge in [-0.1, -0.05) is 12.1 Å². The number of carbonyl (C=O) groups is 3. The topological polar surface area (TPSA) is 75.3 Å². The molecule has 2 N–H and O–H groups in total. The lowest BCUT2D eigenvalue weighted by molar-refractivity contribution is -0.134. The summed E-state index contributed by atoms with van der Waals surface area (Å²) >= 11 is 3.27. The molecule has 1 aromatic carbocycles. The van der Waals surface area contributed by atoms with Gasteiger partial charge in [-0.15, -0.1) is 0 Å². The Morgan fingerprint density at radius 2 is 2.06 bits per heavy atom. The summed E-state index contributed by atoms with van der Waals surface area (Å²) in [4.78, 5) is 34.4. The standard InChI is InChI=1S/C12H11BrN2O3/c13-8-4-2-1-3-7(8)11(17)14-9-5-6-10(16)15-12(9)18/h1-4,9H,5-6H2,(H,14,17)(H,15,16,18). The monoisotopic (exact) mass is 310 g/mol. The molecular formula is C12H11BrN2O3. The lowest BCUT2D eigenvalue weighted by Crippen LogP contribution is -2.52. The van der Waals surface area contributed by atoms with Gasteiger partial charge in [-0.05, 0) is 34.5 Å². The zero-order chi connectivity index (χ0) is 13.1. The Kier molecular flexibility index (Phi) is 3.76. The number of benzene rings is 1. The largest absolute Gasteiger partial charge is 0.340 e. The Morgan fingerprint density at radius 1 is 1.33 bits per heavy atom. The van der Waals surface area contributed by atoms with Gasteiger partial charge in [-0.2, -0.15) is 0 Å². The molecule has 0 spiro atoms. The van der Waals surface area contributed by atoms with E-state index in [0.717, 1.165) is 0 Å². The summed E-state index contributed by atoms with van der Waals surface area (Å²) < 4.78 is 0.662. The predicted molar refractivity (Wildman–Crippen MR) is 67.8 cm³/mol. The van der Waals surface area contributed by atoms with Crippen molar-refractivity contribution >= 4 is 33.7 Å². The van der Waals surface area contributed by atoms with E-state index >= 15 is 0 Å². The summed E-state index contributed by atoms with van der Waals surface area (Å²) in [6.07, 6.45) is 0.577. The molecule has 0 aliphatic carbocycles. The minimum absolute atomic E-state index is 0.243. The third kappa shape index (κ3) is 2.76. The van der Waals surface area contributed by atoms with Crippen LogP contribution in [-0.2, 0) is 9.59 Å². The van der Waals surface area contributed by atoms with Gasteiger partial charge in [0.2, 0.25) is 11.8 Å². The van der Waals surface area contributed by atoms with Gasteiger partial charge < -0.3 is 5.32 Å². The summed E-state index contributed by atoms with van der Waals surface area (Å²) in [7, 11) is 0. The zero-order valence-corrected chi connectivity index (χ0v) is 11.0. The minimum atomic E-state index is -0.651. The van der Waals surface area contributed by atoms with Crippen LogP contribution in [0.4, 0.5) is 0 Å². The van der Waals surface area contributed by atoms with Crippen molar-refractivity contribution in [3.8, 4) is 0 Å². The van der Waals surface area contributed by atoms with E-state index in [-0.39, 0.29) is 18.2 Å². The molecule has 1 atom stereocenters. The van der Waals surface area contributed by atoms with Crippen LogP contribution in [0.15, 0.2) is 28.7 Å². The van der Waals surface area contributed by atoms with E-state index in [1.54, 1.807) is 24.3 Å². The van der Waals surface area contributed by atoms with Gasteiger partial charge >= 0.3 is 0 Å². The molecule has 0 bridgehead atoms. The molecule has 94 valence electrons. The second kappa shape index (κ2) is 5.30. The Bertz CT molecular complexity index is 516. The molecule has 1 aliphatic rings. The smallest absolute Gasteiger partial charge is 0.253 e. The number of rotatable bonds is 2. The molecule has 1 fully saturated rings. The first-order valence-corrected chi connectivity index (χ1v) is 6.26. The molecule has 0 aromatic heterocycles. The molecular weight excluding hydrogens is 300 g/mol. The van der Waals surface area contributed by atoms with E-state index in [1.807, 2.05) is 0 Å². The van der Waals surface area contributed by atoms with Crippen LogP contribution in [0.2, 0.25) is 0 Å². The average Bonchev–Trinajstić information content (AvgIpc) is 2.33. The molecule has 5 nitrogen and oxygen atoms in total. The van der Waals surface area contributed by atoms with E-state index < -0.39 is 11.9 Å². The summed E-state index contributed by atoms with van der Waals surface area (Å²) in [5, 5.41) is 4.81. The summed E-state index contributed by atoms with van der Waals surface area (Å²) in [6.45, 7) is 0. The quantitative estimate of drug-likeness (QED) is 0.800. The molecule has 3 amide bonds. The van der Waals surface area contributed by atoms with Gasteiger partial charge in [0.05, 0.1) is 5.56 Å². The van der Waals surface area contributed by atoms with Gasteiger partial charge in [0.15, 0.2) is 0 Å². The second-order valence-electron chi connectivity index (χ2n) is 3.96. The van der Waals surface area contributed by atoms with Crippen molar-refractivity contribution in [1.29, 1.82) is 0 Å². The van der Waals surface area contributed by atoms with Gasteiger partial charge in [0.25, 0.3) is 5.91 Å². The third-order valence-electron chi connectivity index (χ3n) is 2.66. The van der Waals surface area contributed by atoms with Crippen LogP contribution < -0.4 is 10.6 Å². The van der Waals surface area contributed by atoms with Gasteiger partial charge in [-0.3, -0.25) is 19.7 Å². The van der Waals surface area contributed by atoms with Crippen LogP contribution in [0, 0.1) is 0 Å². The zero-order valence-electron chi connectivity index (χ0n) is 9.40. The number of hydrogen-bond acceptors (Lipinski definition) is 3. The fraction of sp³-hybridized carbons (Fsp3) is 0.250. The van der Waals surface area contributed by atoms with Crippen molar-refractivity contribution < 1.29 is 14.4 Å². The molecule has 1 heterocycles. The minimum Gasteiger partial charge on any atom is -0.340 e. The van der Waals surface area contributed by atoms with E-state index in [0.29, 0.717) is 16.5 Å². The molecule has 2 rings (SSSR count). The van der Waals surface area contributed by atoms with E-state index in [9.17, 15) is 14.4 Å². The number of nitrogens with one attached hydrogen (secondary N) is 2. The normalized spacial score (nSPS) is 19.3. The number of carbonyl (C=O) groups excluding carboxylic acids is 3. The molecule has 6 heteroatoms. The third-order valence-corrected chi connectivity index (χ3v) is 3.35. The van der Waals surface area contributed by atoms with Crippen LogP contribution >= 0.6 is 15.9 Å². The van der Waals surface area contributed by atoms with Crippen LogP contribution in [0.5, 0.6) is 0 Å². The van der Waals surface area contributed by atoms with E-state index in [2.05, 4.69) is 26.6 Å². The van der Waals surface area contributed by atoms with Crippen molar-refractivity contribution in [3.63, 3.8) is 0 Å². The first-order valence-electron chi connectivity index (χ1n) is 5.47. The van der Waals surface area contributed by atoms with Gasteiger partial charge in [-0.25, -0.2) is 0 Å². The number of amides is 3. The highest BCUT2D eigenvalue weighted by atomic mass is 79.9. The van der Waals surface area contributed by atoms with Crippen LogP contribution in [0.3, 0.4) is 0 Å². The predicted octanol–water partition coefficient (Wildman–Crippen LogP) is 0.984. The van der Waals surface area contributed by atoms with Gasteiger partial charge in [0, 0.05) is 10.9 Å².